The smallest absolute Gasteiger partial charge is 0.119 e. The number of halogens is 1. The molecular formula is C17H22BrNOS. The second-order valence-electron chi connectivity index (χ2n) is 5.46. The van der Waals surface area contributed by atoms with Crippen molar-refractivity contribution in [1.29, 1.82) is 0 Å². The van der Waals surface area contributed by atoms with Gasteiger partial charge in [0, 0.05) is 22.3 Å². The van der Waals surface area contributed by atoms with Crippen molar-refractivity contribution in [2.24, 2.45) is 5.92 Å². The van der Waals surface area contributed by atoms with Crippen LogP contribution in [0, 0.1) is 5.92 Å². The largest absolute Gasteiger partial charge is 0.493 e. The van der Waals surface area contributed by atoms with E-state index in [2.05, 4.69) is 64.7 Å². The third-order valence-corrected chi connectivity index (χ3v) is 4.79. The van der Waals surface area contributed by atoms with Gasteiger partial charge in [0.05, 0.1) is 6.61 Å². The maximum atomic E-state index is 5.86. The molecule has 2 rings (SSSR count). The molecule has 0 saturated heterocycles. The average Bonchev–Trinajstić information content (AvgIpc) is 2.95. The lowest BCUT2D eigenvalue weighted by molar-refractivity contribution is 0.322. The molecule has 0 amide bonds. The quantitative estimate of drug-likeness (QED) is 0.717. The predicted molar refractivity (Wildman–Crippen MR) is 94.2 cm³/mol. The molecule has 1 N–H and O–H groups in total. The van der Waals surface area contributed by atoms with E-state index in [-0.39, 0.29) is 0 Å². The van der Waals surface area contributed by atoms with E-state index in [0.717, 1.165) is 36.3 Å². The van der Waals surface area contributed by atoms with Gasteiger partial charge in [-0.25, -0.2) is 0 Å². The Labute approximate surface area is 139 Å². The summed E-state index contributed by atoms with van der Waals surface area (Å²) in [5.74, 6) is 1.60. The highest BCUT2D eigenvalue weighted by molar-refractivity contribution is 9.10. The van der Waals surface area contributed by atoms with Crippen LogP contribution in [0.1, 0.15) is 24.3 Å². The summed E-state index contributed by atoms with van der Waals surface area (Å²) in [5, 5.41) is 5.57. The Morgan fingerprint density at radius 1 is 1.29 bits per heavy atom. The van der Waals surface area contributed by atoms with E-state index in [9.17, 15) is 0 Å². The highest BCUT2D eigenvalue weighted by Crippen LogP contribution is 2.23. The minimum atomic E-state index is 0.661. The van der Waals surface area contributed by atoms with Crippen LogP contribution in [0.25, 0.3) is 0 Å². The van der Waals surface area contributed by atoms with Crippen LogP contribution in [0.4, 0.5) is 0 Å². The van der Waals surface area contributed by atoms with Crippen molar-refractivity contribution < 1.29 is 4.74 Å². The number of ether oxygens (including phenoxy) is 1. The maximum Gasteiger partial charge on any atom is 0.119 e. The number of benzene rings is 1. The van der Waals surface area contributed by atoms with Crippen molar-refractivity contribution in [2.45, 2.75) is 26.8 Å². The lowest BCUT2D eigenvalue weighted by atomic mass is 10.2. The Hall–Kier alpha value is -0.840. The van der Waals surface area contributed by atoms with Gasteiger partial charge in [-0.2, -0.15) is 0 Å². The van der Waals surface area contributed by atoms with Crippen LogP contribution in [0.5, 0.6) is 5.75 Å². The first-order valence-corrected chi connectivity index (χ1v) is 8.96. The van der Waals surface area contributed by atoms with Crippen LogP contribution in [0.15, 0.2) is 40.2 Å². The van der Waals surface area contributed by atoms with E-state index in [1.54, 1.807) is 11.3 Å². The summed E-state index contributed by atoms with van der Waals surface area (Å²) >= 11 is 5.38. The molecule has 0 aliphatic heterocycles. The SMILES string of the molecule is CC(C)CNCc1cc(OCCc2cccs2)ccc1Br. The van der Waals surface area contributed by atoms with Crippen LogP contribution < -0.4 is 10.1 Å². The van der Waals surface area contributed by atoms with E-state index in [1.807, 2.05) is 6.07 Å². The highest BCUT2D eigenvalue weighted by Gasteiger charge is 2.04. The topological polar surface area (TPSA) is 21.3 Å². The molecule has 0 aliphatic rings. The lowest BCUT2D eigenvalue weighted by Crippen LogP contribution is -2.19. The molecule has 4 heteroatoms. The molecule has 0 fully saturated rings. The van der Waals surface area contributed by atoms with Gasteiger partial charge in [-0.3, -0.25) is 0 Å². The summed E-state index contributed by atoms with van der Waals surface area (Å²) in [6.45, 7) is 7.04. The molecule has 0 aliphatic carbocycles. The van der Waals surface area contributed by atoms with Crippen molar-refractivity contribution in [2.75, 3.05) is 13.2 Å². The number of hydrogen-bond acceptors (Lipinski definition) is 3. The molecule has 0 unspecified atom stereocenters. The Morgan fingerprint density at radius 2 is 2.14 bits per heavy atom. The van der Waals surface area contributed by atoms with E-state index in [1.165, 1.54) is 10.4 Å². The number of thiophene rings is 1. The van der Waals surface area contributed by atoms with Gasteiger partial charge in [0.25, 0.3) is 0 Å². The normalized spacial score (nSPS) is 11.0. The molecule has 1 heterocycles. The van der Waals surface area contributed by atoms with E-state index in [4.69, 9.17) is 4.74 Å². The highest BCUT2D eigenvalue weighted by atomic mass is 79.9. The summed E-state index contributed by atoms with van der Waals surface area (Å²) < 4.78 is 6.99. The molecule has 0 saturated carbocycles. The minimum Gasteiger partial charge on any atom is -0.493 e. The molecule has 2 nitrogen and oxygen atoms in total. The van der Waals surface area contributed by atoms with Crippen LogP contribution in [-0.4, -0.2) is 13.2 Å². The fourth-order valence-corrected chi connectivity index (χ4v) is 3.07. The maximum absolute atomic E-state index is 5.86. The Bertz CT molecular complexity index is 540. The molecule has 0 radical (unpaired) electrons. The van der Waals surface area contributed by atoms with Crippen molar-refractivity contribution in [1.82, 2.24) is 5.32 Å². The van der Waals surface area contributed by atoms with Gasteiger partial charge in [-0.15, -0.1) is 11.3 Å². The predicted octanol–water partition coefficient (Wildman–Crippen LogP) is 4.88. The summed E-state index contributed by atoms with van der Waals surface area (Å²) in [6.07, 6.45) is 0.967. The van der Waals surface area contributed by atoms with E-state index >= 15 is 0 Å². The first kappa shape index (κ1) is 16.5. The lowest BCUT2D eigenvalue weighted by Gasteiger charge is -2.11. The molecule has 114 valence electrons. The van der Waals surface area contributed by atoms with Crippen molar-refractivity contribution >= 4 is 27.3 Å². The van der Waals surface area contributed by atoms with Crippen LogP contribution in [0.3, 0.4) is 0 Å². The summed E-state index contributed by atoms with van der Waals surface area (Å²) in [4.78, 5) is 1.37. The molecule has 1 aromatic heterocycles. The molecule has 1 aromatic carbocycles. The zero-order chi connectivity index (χ0) is 15.1. The van der Waals surface area contributed by atoms with Gasteiger partial charge in [0.2, 0.25) is 0 Å². The zero-order valence-corrected chi connectivity index (χ0v) is 15.0. The molecule has 0 bridgehead atoms. The van der Waals surface area contributed by atoms with Gasteiger partial charge in [-0.1, -0.05) is 35.8 Å². The molecular weight excluding hydrogens is 346 g/mol. The first-order chi connectivity index (χ1) is 10.1. The molecule has 2 aromatic rings. The van der Waals surface area contributed by atoms with Crippen LogP contribution in [-0.2, 0) is 13.0 Å². The van der Waals surface area contributed by atoms with Gasteiger partial charge in [0.1, 0.15) is 5.75 Å². The van der Waals surface area contributed by atoms with Gasteiger partial charge >= 0.3 is 0 Å². The third kappa shape index (κ3) is 5.81. The molecule has 21 heavy (non-hydrogen) atoms. The minimum absolute atomic E-state index is 0.661. The van der Waals surface area contributed by atoms with Gasteiger partial charge in [0.15, 0.2) is 0 Å². The van der Waals surface area contributed by atoms with Crippen molar-refractivity contribution in [3.8, 4) is 5.75 Å². The van der Waals surface area contributed by atoms with Crippen LogP contribution >= 0.6 is 27.3 Å². The Kier molecular flexibility index (Phi) is 6.74. The van der Waals surface area contributed by atoms with Crippen molar-refractivity contribution in [3.05, 3.63) is 50.6 Å². The fourth-order valence-electron chi connectivity index (χ4n) is 2.00. The summed E-state index contributed by atoms with van der Waals surface area (Å²) in [7, 11) is 0. The summed E-state index contributed by atoms with van der Waals surface area (Å²) in [5.41, 5.74) is 1.24. The second kappa shape index (κ2) is 8.57. The van der Waals surface area contributed by atoms with E-state index in [0.29, 0.717) is 5.92 Å². The number of hydrogen-bond donors (Lipinski definition) is 1. The average molecular weight is 368 g/mol. The van der Waals surface area contributed by atoms with Crippen molar-refractivity contribution in [3.63, 3.8) is 0 Å². The monoisotopic (exact) mass is 367 g/mol. The first-order valence-electron chi connectivity index (χ1n) is 7.29. The fraction of sp³-hybridized carbons (Fsp3) is 0.412. The standard InChI is InChI=1S/C17H22BrNOS/c1-13(2)11-19-12-14-10-15(5-6-17(14)18)20-8-7-16-4-3-9-21-16/h3-6,9-10,13,19H,7-8,11-12H2,1-2H3. The van der Waals surface area contributed by atoms with Crippen LogP contribution in [0.2, 0.25) is 0 Å². The zero-order valence-electron chi connectivity index (χ0n) is 12.6. The third-order valence-electron chi connectivity index (χ3n) is 3.08. The van der Waals surface area contributed by atoms with E-state index < -0.39 is 0 Å². The molecule has 0 atom stereocenters. The Morgan fingerprint density at radius 3 is 2.86 bits per heavy atom. The van der Waals surface area contributed by atoms with Gasteiger partial charge in [-0.05, 0) is 47.7 Å². The molecule has 0 spiro atoms. The Balaban J connectivity index is 1.85. The number of nitrogens with one attached hydrogen (secondary N) is 1. The summed E-state index contributed by atoms with van der Waals surface area (Å²) in [6, 6.07) is 10.4. The number of rotatable bonds is 8. The van der Waals surface area contributed by atoms with Gasteiger partial charge < -0.3 is 10.1 Å². The second-order valence-corrected chi connectivity index (χ2v) is 7.34.